The fourth-order valence-electron chi connectivity index (χ4n) is 4.97. The van der Waals surface area contributed by atoms with E-state index in [2.05, 4.69) is 0 Å². The summed E-state index contributed by atoms with van der Waals surface area (Å²) in [6.07, 6.45) is -2.26. The number of hydrogen-bond donors (Lipinski definition) is 2. The first-order valence-corrected chi connectivity index (χ1v) is 6.80. The molecular formula is C15H24O3. The lowest BCUT2D eigenvalue weighted by Gasteiger charge is -2.68. The average molecular weight is 254 g/mol. The van der Waals surface area contributed by atoms with Crippen molar-refractivity contribution in [1.29, 1.82) is 0 Å². The van der Waals surface area contributed by atoms with Crippen LogP contribution in [0.25, 0.3) is 0 Å². The Hall–Kier alpha value is -0.410. The molecule has 0 radical (unpaired) electrons. The lowest BCUT2D eigenvalue weighted by Crippen LogP contribution is -2.70. The van der Waals surface area contributed by atoms with Gasteiger partial charge in [0.15, 0.2) is 0 Å². The van der Waals surface area contributed by atoms with Crippen molar-refractivity contribution < 1.29 is 17.7 Å². The number of carbonyl (C=O) groups is 1. The summed E-state index contributed by atoms with van der Waals surface area (Å²) in [5, 5.41) is 20.9. The minimum absolute atomic E-state index is 0.115. The standard InChI is InChI=1S/C15H24O3/c1-7-5-8(16)12-13-11(7)15(12,4)10(18)6-9(17)14(13,2)3/h7,9-13,17-18H,5-6H2,1-4H3/t7-,9+,10+,11-,12+,13-,15+/m0/s1/i5D,7D/t5-,7-,9+,10+,11-,12+,13-,15+. The molecular weight excluding hydrogens is 228 g/mol. The summed E-state index contributed by atoms with van der Waals surface area (Å²) in [7, 11) is 0. The van der Waals surface area contributed by atoms with Gasteiger partial charge in [-0.15, -0.1) is 0 Å². The first kappa shape index (κ1) is 10.4. The van der Waals surface area contributed by atoms with E-state index in [0.29, 0.717) is 0 Å². The summed E-state index contributed by atoms with van der Waals surface area (Å²) in [6, 6.07) is 0. The molecule has 4 aliphatic rings. The molecule has 2 N–H and O–H groups in total. The van der Waals surface area contributed by atoms with Gasteiger partial charge in [0, 0.05) is 26.9 Å². The van der Waals surface area contributed by atoms with Gasteiger partial charge in [-0.2, -0.15) is 0 Å². The van der Waals surface area contributed by atoms with E-state index in [-0.39, 0.29) is 24.0 Å². The molecule has 3 nitrogen and oxygen atoms in total. The van der Waals surface area contributed by atoms with E-state index in [4.69, 9.17) is 2.74 Å². The number of fused-ring (bicyclic) bond motifs is 2. The van der Waals surface area contributed by atoms with Crippen LogP contribution in [0, 0.1) is 34.5 Å². The third-order valence-corrected chi connectivity index (χ3v) is 6.11. The van der Waals surface area contributed by atoms with Crippen LogP contribution in [0.1, 0.15) is 43.3 Å². The van der Waals surface area contributed by atoms with Crippen molar-refractivity contribution in [1.82, 2.24) is 0 Å². The van der Waals surface area contributed by atoms with E-state index in [0.717, 1.165) is 0 Å². The van der Waals surface area contributed by atoms with Gasteiger partial charge in [0.2, 0.25) is 0 Å². The van der Waals surface area contributed by atoms with E-state index in [1.807, 2.05) is 20.8 Å². The zero-order valence-corrected chi connectivity index (χ0v) is 11.5. The van der Waals surface area contributed by atoms with Crippen molar-refractivity contribution in [2.45, 2.75) is 52.7 Å². The fraction of sp³-hybridized carbons (Fsp3) is 0.933. The fourth-order valence-corrected chi connectivity index (χ4v) is 4.97. The van der Waals surface area contributed by atoms with Crippen LogP contribution < -0.4 is 0 Å². The maximum atomic E-state index is 12.6. The van der Waals surface area contributed by atoms with Crippen LogP contribution in [-0.2, 0) is 4.79 Å². The Labute approximate surface area is 111 Å². The number of aliphatic hydroxyl groups is 2. The Balaban J connectivity index is 2.19. The molecule has 4 fully saturated rings. The second kappa shape index (κ2) is 3.37. The van der Waals surface area contributed by atoms with Crippen molar-refractivity contribution in [2.75, 3.05) is 0 Å². The molecule has 18 heavy (non-hydrogen) atoms. The number of rotatable bonds is 0. The van der Waals surface area contributed by atoms with Gasteiger partial charge in [-0.05, 0) is 23.1 Å². The normalized spacial score (nSPS) is 67.6. The summed E-state index contributed by atoms with van der Waals surface area (Å²) in [6.45, 7) is 7.36. The van der Waals surface area contributed by atoms with Crippen molar-refractivity contribution in [3.8, 4) is 0 Å². The predicted molar refractivity (Wildman–Crippen MR) is 67.8 cm³/mol. The Morgan fingerprint density at radius 1 is 1.28 bits per heavy atom. The zero-order chi connectivity index (χ0) is 15.2. The van der Waals surface area contributed by atoms with Gasteiger partial charge in [0.1, 0.15) is 5.78 Å². The SMILES string of the molecule is [2H][C@@H]1C(=O)[C@@H]2[C@@H]3[C@H]([C@@]1([2H])C)[C@@]2(C)[C@H](O)C[C@@H](O)C3(C)C. The van der Waals surface area contributed by atoms with Crippen LogP contribution >= 0.6 is 0 Å². The van der Waals surface area contributed by atoms with Crippen molar-refractivity contribution in [3.63, 3.8) is 0 Å². The summed E-state index contributed by atoms with van der Waals surface area (Å²) >= 11 is 0. The van der Waals surface area contributed by atoms with Crippen molar-refractivity contribution in [3.05, 3.63) is 0 Å². The lowest BCUT2D eigenvalue weighted by atomic mass is 9.35. The minimum atomic E-state index is -1.20. The highest BCUT2D eigenvalue weighted by Gasteiger charge is 2.74. The molecule has 0 saturated heterocycles. The Morgan fingerprint density at radius 3 is 2.44 bits per heavy atom. The molecule has 4 bridgehead atoms. The molecule has 0 heterocycles. The maximum absolute atomic E-state index is 12.6. The summed E-state index contributed by atoms with van der Waals surface area (Å²) < 4.78 is 16.6. The molecule has 0 aromatic heterocycles. The molecule has 4 rings (SSSR count). The summed E-state index contributed by atoms with van der Waals surface area (Å²) in [5.41, 5.74) is -1.17. The summed E-state index contributed by atoms with van der Waals surface area (Å²) in [5.74, 6) is -2.15. The van der Waals surface area contributed by atoms with E-state index in [1.54, 1.807) is 6.92 Å². The van der Waals surface area contributed by atoms with E-state index in [9.17, 15) is 15.0 Å². The summed E-state index contributed by atoms with van der Waals surface area (Å²) in [4.78, 5) is 12.6. The van der Waals surface area contributed by atoms with Gasteiger partial charge in [0.25, 0.3) is 0 Å². The number of hydrogen-bond acceptors (Lipinski definition) is 3. The smallest absolute Gasteiger partial charge is 0.137 e. The van der Waals surface area contributed by atoms with Gasteiger partial charge in [-0.1, -0.05) is 27.7 Å². The number of carbonyl (C=O) groups excluding carboxylic acids is 1. The quantitative estimate of drug-likeness (QED) is 0.690. The average Bonchev–Trinajstić information content (AvgIpc) is 2.39. The molecule has 4 saturated carbocycles. The molecule has 8 atom stereocenters. The maximum Gasteiger partial charge on any atom is 0.137 e. The number of aliphatic hydroxyl groups excluding tert-OH is 2. The topological polar surface area (TPSA) is 57.5 Å². The molecule has 102 valence electrons. The molecule has 0 unspecified atom stereocenters. The highest BCUT2D eigenvalue weighted by Crippen LogP contribution is 2.72. The van der Waals surface area contributed by atoms with E-state index in [1.165, 1.54) is 0 Å². The zero-order valence-electron chi connectivity index (χ0n) is 13.5. The molecule has 0 aromatic rings. The van der Waals surface area contributed by atoms with E-state index >= 15 is 0 Å². The monoisotopic (exact) mass is 254 g/mol. The molecule has 0 aliphatic heterocycles. The van der Waals surface area contributed by atoms with Crippen LogP contribution in [0.3, 0.4) is 0 Å². The molecule has 0 aromatic carbocycles. The highest BCUT2D eigenvalue weighted by molar-refractivity contribution is 5.86. The molecule has 3 heteroatoms. The second-order valence-electron chi connectivity index (χ2n) is 7.23. The number of Topliss-reactive ketones (excluding diaryl/α,β-unsaturated/α-hetero) is 1. The van der Waals surface area contributed by atoms with Crippen LogP contribution in [0.2, 0.25) is 0 Å². The van der Waals surface area contributed by atoms with Crippen LogP contribution in [0.5, 0.6) is 0 Å². The predicted octanol–water partition coefficient (Wildman–Crippen LogP) is 1.62. The Bertz CT molecular complexity index is 476. The van der Waals surface area contributed by atoms with Crippen LogP contribution in [0.15, 0.2) is 0 Å². The van der Waals surface area contributed by atoms with Crippen molar-refractivity contribution >= 4 is 5.78 Å². The Kier molecular flexibility index (Phi) is 1.94. The number of ketones is 1. The Morgan fingerprint density at radius 2 is 1.89 bits per heavy atom. The molecule has 0 amide bonds. The molecule has 4 aliphatic carbocycles. The first-order chi connectivity index (χ1) is 8.98. The largest absolute Gasteiger partial charge is 0.392 e. The van der Waals surface area contributed by atoms with E-state index < -0.39 is 41.2 Å². The lowest BCUT2D eigenvalue weighted by molar-refractivity contribution is -0.231. The van der Waals surface area contributed by atoms with Crippen LogP contribution in [-0.4, -0.2) is 28.2 Å². The third-order valence-electron chi connectivity index (χ3n) is 6.11. The van der Waals surface area contributed by atoms with Gasteiger partial charge in [0.05, 0.1) is 12.2 Å². The van der Waals surface area contributed by atoms with Gasteiger partial charge >= 0.3 is 0 Å². The van der Waals surface area contributed by atoms with Crippen LogP contribution in [0.4, 0.5) is 0 Å². The van der Waals surface area contributed by atoms with Gasteiger partial charge in [-0.3, -0.25) is 4.79 Å². The minimum Gasteiger partial charge on any atom is -0.392 e. The van der Waals surface area contributed by atoms with Gasteiger partial charge < -0.3 is 10.2 Å². The highest BCUT2D eigenvalue weighted by atomic mass is 16.3. The van der Waals surface area contributed by atoms with Crippen molar-refractivity contribution in [2.24, 2.45) is 34.5 Å². The second-order valence-corrected chi connectivity index (χ2v) is 7.23. The van der Waals surface area contributed by atoms with Gasteiger partial charge in [-0.25, -0.2) is 0 Å². The third kappa shape index (κ3) is 1.16. The molecule has 0 spiro atoms. The first-order valence-electron chi connectivity index (χ1n) is 7.88.